The fourth-order valence-corrected chi connectivity index (χ4v) is 3.11. The summed E-state index contributed by atoms with van der Waals surface area (Å²) in [5, 5.41) is 3.09. The van der Waals surface area contributed by atoms with E-state index in [1.165, 1.54) is 6.20 Å². The highest BCUT2D eigenvalue weighted by molar-refractivity contribution is 7.92. The second-order valence-electron chi connectivity index (χ2n) is 4.71. The van der Waals surface area contributed by atoms with Crippen LogP contribution in [-0.2, 0) is 16.6 Å². The molecule has 114 valence electrons. The van der Waals surface area contributed by atoms with Crippen LogP contribution in [0.1, 0.15) is 24.1 Å². The number of aryl methyl sites for hydroxylation is 2. The van der Waals surface area contributed by atoms with Gasteiger partial charge in [-0.25, -0.2) is 8.42 Å². The first-order valence-electron chi connectivity index (χ1n) is 6.68. The van der Waals surface area contributed by atoms with Crippen LogP contribution >= 0.6 is 0 Å². The van der Waals surface area contributed by atoms with Gasteiger partial charge in [-0.2, -0.15) is 0 Å². The summed E-state index contributed by atoms with van der Waals surface area (Å²) in [5.41, 5.74) is 1.25. The molecule has 0 radical (unpaired) electrons. The van der Waals surface area contributed by atoms with E-state index in [2.05, 4.69) is 15.0 Å². The van der Waals surface area contributed by atoms with Crippen LogP contribution in [0.5, 0.6) is 0 Å². The van der Waals surface area contributed by atoms with Gasteiger partial charge in [0.25, 0.3) is 10.0 Å². The first-order chi connectivity index (χ1) is 9.92. The van der Waals surface area contributed by atoms with Crippen molar-refractivity contribution in [1.82, 2.24) is 10.3 Å². The fourth-order valence-electron chi connectivity index (χ4n) is 1.86. The van der Waals surface area contributed by atoms with Gasteiger partial charge in [0, 0.05) is 11.8 Å². The lowest BCUT2D eigenvalue weighted by Crippen LogP contribution is -2.13. The van der Waals surface area contributed by atoms with Crippen molar-refractivity contribution in [3.63, 3.8) is 0 Å². The van der Waals surface area contributed by atoms with Gasteiger partial charge in [0.15, 0.2) is 0 Å². The quantitative estimate of drug-likeness (QED) is 0.854. The van der Waals surface area contributed by atoms with E-state index in [-0.39, 0.29) is 4.90 Å². The molecule has 0 saturated carbocycles. The normalized spacial score (nSPS) is 11.6. The SMILES string of the molecule is CCNCc1cc(S(=O)(=O)Nc2ccc(C)nc2)c(C)o1. The van der Waals surface area contributed by atoms with Crippen LogP contribution < -0.4 is 10.0 Å². The lowest BCUT2D eigenvalue weighted by Gasteiger charge is -2.06. The van der Waals surface area contributed by atoms with Crippen LogP contribution in [0.4, 0.5) is 5.69 Å². The third kappa shape index (κ3) is 3.83. The Morgan fingerprint density at radius 1 is 1.29 bits per heavy atom. The first kappa shape index (κ1) is 15.5. The van der Waals surface area contributed by atoms with Gasteiger partial charge in [-0.3, -0.25) is 9.71 Å². The molecule has 6 nitrogen and oxygen atoms in total. The molecular formula is C14H19N3O3S. The van der Waals surface area contributed by atoms with Crippen molar-refractivity contribution in [2.45, 2.75) is 32.2 Å². The molecule has 0 saturated heterocycles. The number of hydrogen-bond donors (Lipinski definition) is 2. The number of hydrogen-bond acceptors (Lipinski definition) is 5. The van der Waals surface area contributed by atoms with E-state index in [9.17, 15) is 8.42 Å². The molecule has 0 unspecified atom stereocenters. The molecular weight excluding hydrogens is 290 g/mol. The number of furan rings is 1. The maximum absolute atomic E-state index is 12.4. The Morgan fingerprint density at radius 3 is 2.67 bits per heavy atom. The van der Waals surface area contributed by atoms with Crippen LogP contribution in [0.25, 0.3) is 0 Å². The highest BCUT2D eigenvalue weighted by atomic mass is 32.2. The molecule has 0 aromatic carbocycles. The highest BCUT2D eigenvalue weighted by Gasteiger charge is 2.21. The van der Waals surface area contributed by atoms with E-state index >= 15 is 0 Å². The lowest BCUT2D eigenvalue weighted by atomic mass is 10.4. The Morgan fingerprint density at radius 2 is 2.05 bits per heavy atom. The number of rotatable bonds is 6. The molecule has 2 N–H and O–H groups in total. The molecule has 0 spiro atoms. The summed E-state index contributed by atoms with van der Waals surface area (Å²) in [5.74, 6) is 0.965. The Balaban J connectivity index is 2.22. The standard InChI is InChI=1S/C14H19N3O3S/c1-4-15-9-13-7-14(11(3)20-13)21(18,19)17-12-6-5-10(2)16-8-12/h5-8,15,17H,4,9H2,1-3H3. The minimum atomic E-state index is -3.67. The van der Waals surface area contributed by atoms with Crippen LogP contribution in [0.3, 0.4) is 0 Å². The first-order valence-corrected chi connectivity index (χ1v) is 8.16. The maximum atomic E-state index is 12.4. The monoisotopic (exact) mass is 309 g/mol. The molecule has 0 aliphatic heterocycles. The average molecular weight is 309 g/mol. The summed E-state index contributed by atoms with van der Waals surface area (Å²) in [6.07, 6.45) is 1.49. The van der Waals surface area contributed by atoms with Crippen LogP contribution in [0, 0.1) is 13.8 Å². The summed E-state index contributed by atoms with van der Waals surface area (Å²) >= 11 is 0. The van der Waals surface area contributed by atoms with Crippen LogP contribution in [0.2, 0.25) is 0 Å². The van der Waals surface area contributed by atoms with E-state index < -0.39 is 10.0 Å². The zero-order chi connectivity index (χ0) is 15.5. The molecule has 2 rings (SSSR count). The summed E-state index contributed by atoms with van der Waals surface area (Å²) in [4.78, 5) is 4.21. The minimum absolute atomic E-state index is 0.149. The van der Waals surface area contributed by atoms with Crippen molar-refractivity contribution in [3.8, 4) is 0 Å². The van der Waals surface area contributed by atoms with Crippen molar-refractivity contribution < 1.29 is 12.8 Å². The molecule has 0 atom stereocenters. The van der Waals surface area contributed by atoms with Crippen molar-refractivity contribution in [2.24, 2.45) is 0 Å². The number of anilines is 1. The minimum Gasteiger partial charge on any atom is -0.464 e. The number of aromatic nitrogens is 1. The van der Waals surface area contributed by atoms with E-state index in [1.807, 2.05) is 13.8 Å². The molecule has 0 aliphatic carbocycles. The summed E-state index contributed by atoms with van der Waals surface area (Å²) in [6.45, 7) is 6.73. The van der Waals surface area contributed by atoms with E-state index in [4.69, 9.17) is 4.42 Å². The van der Waals surface area contributed by atoms with E-state index in [0.717, 1.165) is 12.2 Å². The van der Waals surface area contributed by atoms with Gasteiger partial charge < -0.3 is 9.73 Å². The molecule has 0 fully saturated rings. The number of pyridine rings is 1. The highest BCUT2D eigenvalue weighted by Crippen LogP contribution is 2.22. The predicted octanol–water partition coefficient (Wildman–Crippen LogP) is 2.20. The summed E-state index contributed by atoms with van der Waals surface area (Å²) < 4.78 is 32.7. The zero-order valence-corrected chi connectivity index (χ0v) is 13.1. The molecule has 7 heteroatoms. The van der Waals surface area contributed by atoms with Gasteiger partial charge in [0.2, 0.25) is 0 Å². The second kappa shape index (κ2) is 6.28. The topological polar surface area (TPSA) is 84.2 Å². The van der Waals surface area contributed by atoms with Gasteiger partial charge in [0.05, 0.1) is 18.4 Å². The zero-order valence-electron chi connectivity index (χ0n) is 12.3. The van der Waals surface area contributed by atoms with E-state index in [0.29, 0.717) is 23.8 Å². The number of nitrogens with zero attached hydrogens (tertiary/aromatic N) is 1. The fraction of sp³-hybridized carbons (Fsp3) is 0.357. The van der Waals surface area contributed by atoms with Gasteiger partial charge in [-0.15, -0.1) is 0 Å². The molecule has 2 aromatic heterocycles. The van der Waals surface area contributed by atoms with Crippen molar-refractivity contribution in [2.75, 3.05) is 11.3 Å². The van der Waals surface area contributed by atoms with Crippen molar-refractivity contribution >= 4 is 15.7 Å². The summed E-state index contributed by atoms with van der Waals surface area (Å²) in [6, 6.07) is 4.97. The van der Waals surface area contributed by atoms with Gasteiger partial charge >= 0.3 is 0 Å². The molecule has 2 aromatic rings. The molecule has 2 heterocycles. The van der Waals surface area contributed by atoms with Crippen LogP contribution in [0.15, 0.2) is 33.7 Å². The molecule has 0 bridgehead atoms. The lowest BCUT2D eigenvalue weighted by molar-refractivity contribution is 0.460. The maximum Gasteiger partial charge on any atom is 0.265 e. The third-order valence-electron chi connectivity index (χ3n) is 2.93. The molecule has 0 aliphatic rings. The van der Waals surface area contributed by atoms with Crippen molar-refractivity contribution in [1.29, 1.82) is 0 Å². The Labute approximate surface area is 124 Å². The van der Waals surface area contributed by atoms with Crippen molar-refractivity contribution in [3.05, 3.63) is 41.6 Å². The average Bonchev–Trinajstić information content (AvgIpc) is 2.81. The molecule has 0 amide bonds. The smallest absolute Gasteiger partial charge is 0.265 e. The number of nitrogens with one attached hydrogen (secondary N) is 2. The molecule has 21 heavy (non-hydrogen) atoms. The largest absolute Gasteiger partial charge is 0.464 e. The summed E-state index contributed by atoms with van der Waals surface area (Å²) in [7, 11) is -3.67. The Hall–Kier alpha value is -1.86. The Bertz CT molecular complexity index is 706. The van der Waals surface area contributed by atoms with E-state index in [1.54, 1.807) is 25.1 Å². The van der Waals surface area contributed by atoms with Crippen LogP contribution in [-0.4, -0.2) is 19.9 Å². The van der Waals surface area contributed by atoms with Gasteiger partial charge in [-0.05, 0) is 32.5 Å². The second-order valence-corrected chi connectivity index (χ2v) is 6.36. The predicted molar refractivity (Wildman–Crippen MR) is 80.6 cm³/mol. The third-order valence-corrected chi connectivity index (χ3v) is 4.41. The van der Waals surface area contributed by atoms with Gasteiger partial charge in [0.1, 0.15) is 16.4 Å². The Kier molecular flexibility index (Phi) is 4.64. The number of sulfonamides is 1. The van der Waals surface area contributed by atoms with Gasteiger partial charge in [-0.1, -0.05) is 6.92 Å².